The molecule has 1 heterocycles. The molecular weight excluding hydrogens is 236 g/mol. The van der Waals surface area contributed by atoms with E-state index in [2.05, 4.69) is 31.0 Å². The maximum Gasteiger partial charge on any atom is 0.241 e. The first-order valence-electron chi connectivity index (χ1n) is 8.31. The van der Waals surface area contributed by atoms with Gasteiger partial charge in [-0.1, -0.05) is 40.0 Å². The maximum absolute atomic E-state index is 12.7. The van der Waals surface area contributed by atoms with Gasteiger partial charge in [-0.25, -0.2) is 0 Å². The molecule has 0 bridgehead atoms. The van der Waals surface area contributed by atoms with Crippen LogP contribution >= 0.6 is 0 Å². The summed E-state index contributed by atoms with van der Waals surface area (Å²) in [6.45, 7) is 6.58. The normalized spacial score (nSPS) is 28.8. The average Bonchev–Trinajstić information content (AvgIpc) is 3.03. The van der Waals surface area contributed by atoms with Crippen LogP contribution in [0.4, 0.5) is 0 Å². The lowest BCUT2D eigenvalue weighted by Crippen LogP contribution is -2.47. The van der Waals surface area contributed by atoms with Gasteiger partial charge >= 0.3 is 0 Å². The van der Waals surface area contributed by atoms with E-state index in [0.29, 0.717) is 24.0 Å². The molecule has 0 radical (unpaired) electrons. The van der Waals surface area contributed by atoms with Crippen LogP contribution in [0.25, 0.3) is 0 Å². The average molecular weight is 266 g/mol. The van der Waals surface area contributed by atoms with Gasteiger partial charge in [0.1, 0.15) is 0 Å². The molecule has 3 nitrogen and oxygen atoms in total. The predicted molar refractivity (Wildman–Crippen MR) is 78.8 cm³/mol. The van der Waals surface area contributed by atoms with Crippen molar-refractivity contribution in [3.63, 3.8) is 0 Å². The molecule has 2 aliphatic rings. The monoisotopic (exact) mass is 266 g/mol. The number of amides is 1. The van der Waals surface area contributed by atoms with E-state index >= 15 is 0 Å². The molecule has 1 amide bonds. The molecule has 1 aliphatic carbocycles. The van der Waals surface area contributed by atoms with E-state index in [1.807, 2.05) is 0 Å². The van der Waals surface area contributed by atoms with Gasteiger partial charge in [-0.2, -0.15) is 0 Å². The van der Waals surface area contributed by atoms with E-state index in [4.69, 9.17) is 0 Å². The van der Waals surface area contributed by atoms with Gasteiger partial charge in [0.25, 0.3) is 0 Å². The Labute approximate surface area is 118 Å². The van der Waals surface area contributed by atoms with Crippen molar-refractivity contribution in [2.24, 2.45) is 5.92 Å². The van der Waals surface area contributed by atoms with Crippen molar-refractivity contribution < 1.29 is 4.79 Å². The summed E-state index contributed by atoms with van der Waals surface area (Å²) >= 11 is 0. The third-order valence-electron chi connectivity index (χ3n) is 4.98. The summed E-state index contributed by atoms with van der Waals surface area (Å²) in [5, 5.41) is 3.66. The highest BCUT2D eigenvalue weighted by Crippen LogP contribution is 2.34. The van der Waals surface area contributed by atoms with E-state index in [1.54, 1.807) is 0 Å². The lowest BCUT2D eigenvalue weighted by molar-refractivity contribution is -0.133. The molecule has 0 aromatic rings. The number of nitrogens with one attached hydrogen (secondary N) is 1. The summed E-state index contributed by atoms with van der Waals surface area (Å²) in [5.74, 6) is 1.05. The van der Waals surface area contributed by atoms with Crippen molar-refractivity contribution in [2.75, 3.05) is 0 Å². The van der Waals surface area contributed by atoms with Gasteiger partial charge in [0.2, 0.25) is 5.91 Å². The fourth-order valence-corrected chi connectivity index (χ4v) is 3.90. The van der Waals surface area contributed by atoms with Gasteiger partial charge in [0.15, 0.2) is 0 Å². The van der Waals surface area contributed by atoms with E-state index in [-0.39, 0.29) is 6.04 Å². The molecule has 0 spiro atoms. The molecule has 0 aromatic heterocycles. The van der Waals surface area contributed by atoms with Crippen LogP contribution in [0.2, 0.25) is 0 Å². The highest BCUT2D eigenvalue weighted by Gasteiger charge is 2.44. The predicted octanol–water partition coefficient (Wildman–Crippen LogP) is 3.29. The highest BCUT2D eigenvalue weighted by atomic mass is 16.2. The van der Waals surface area contributed by atoms with Gasteiger partial charge in [-0.05, 0) is 38.0 Å². The fourth-order valence-electron chi connectivity index (χ4n) is 3.90. The Hall–Kier alpha value is -0.570. The quantitative estimate of drug-likeness (QED) is 0.800. The number of hydrogen-bond donors (Lipinski definition) is 1. The molecule has 1 N–H and O–H groups in total. The first-order valence-corrected chi connectivity index (χ1v) is 8.31. The van der Waals surface area contributed by atoms with Crippen LogP contribution in [-0.4, -0.2) is 29.1 Å². The van der Waals surface area contributed by atoms with Crippen LogP contribution in [-0.2, 0) is 4.79 Å². The van der Waals surface area contributed by atoms with Crippen molar-refractivity contribution in [1.29, 1.82) is 0 Å². The smallest absolute Gasteiger partial charge is 0.241 e. The summed E-state index contributed by atoms with van der Waals surface area (Å²) in [4.78, 5) is 14.9. The summed E-state index contributed by atoms with van der Waals surface area (Å²) in [6.07, 6.45) is 9.80. The molecule has 110 valence electrons. The lowest BCUT2D eigenvalue weighted by Gasteiger charge is -2.34. The van der Waals surface area contributed by atoms with Gasteiger partial charge < -0.3 is 4.90 Å². The van der Waals surface area contributed by atoms with E-state index in [9.17, 15) is 4.79 Å². The van der Waals surface area contributed by atoms with Crippen LogP contribution in [0.3, 0.4) is 0 Å². The van der Waals surface area contributed by atoms with Crippen LogP contribution < -0.4 is 5.32 Å². The van der Waals surface area contributed by atoms with Crippen LogP contribution in [0.15, 0.2) is 0 Å². The molecule has 2 rings (SSSR count). The minimum atomic E-state index is 0.0798. The van der Waals surface area contributed by atoms with Gasteiger partial charge in [-0.3, -0.25) is 10.1 Å². The summed E-state index contributed by atoms with van der Waals surface area (Å²) in [6, 6.07) is 0.503. The Morgan fingerprint density at radius 3 is 2.37 bits per heavy atom. The second-order valence-corrected chi connectivity index (χ2v) is 6.21. The molecular formula is C16H30N2O. The molecule has 3 heteroatoms. The van der Waals surface area contributed by atoms with Gasteiger partial charge in [0, 0.05) is 6.04 Å². The third-order valence-corrected chi connectivity index (χ3v) is 4.98. The van der Waals surface area contributed by atoms with E-state index < -0.39 is 0 Å². The van der Waals surface area contributed by atoms with Gasteiger partial charge in [-0.15, -0.1) is 0 Å². The van der Waals surface area contributed by atoms with Crippen LogP contribution in [0.5, 0.6) is 0 Å². The molecule has 1 saturated carbocycles. The van der Waals surface area contributed by atoms with Crippen LogP contribution in [0.1, 0.15) is 72.1 Å². The second-order valence-electron chi connectivity index (χ2n) is 6.21. The Bertz CT molecular complexity index is 295. The van der Waals surface area contributed by atoms with E-state index in [0.717, 1.165) is 25.7 Å². The number of nitrogens with zero attached hydrogens (tertiary/aromatic N) is 1. The van der Waals surface area contributed by atoms with Crippen molar-refractivity contribution in [3.05, 3.63) is 0 Å². The van der Waals surface area contributed by atoms with Crippen molar-refractivity contribution in [2.45, 2.75) is 90.4 Å². The molecule has 1 saturated heterocycles. The molecule has 1 aliphatic heterocycles. The van der Waals surface area contributed by atoms with Crippen molar-refractivity contribution >= 4 is 5.91 Å². The maximum atomic E-state index is 12.7. The Morgan fingerprint density at radius 1 is 1.21 bits per heavy atom. The molecule has 0 aromatic carbocycles. The van der Waals surface area contributed by atoms with E-state index in [1.165, 1.54) is 25.7 Å². The highest BCUT2D eigenvalue weighted by molar-refractivity contribution is 5.84. The fraction of sp³-hybridized carbons (Fsp3) is 0.938. The zero-order valence-corrected chi connectivity index (χ0v) is 12.8. The Balaban J connectivity index is 2.15. The molecule has 19 heavy (non-hydrogen) atoms. The van der Waals surface area contributed by atoms with Crippen LogP contribution in [0, 0.1) is 5.92 Å². The number of hydrogen-bond acceptors (Lipinski definition) is 2. The lowest BCUT2D eigenvalue weighted by atomic mass is 10.0. The standard InChI is InChI=1S/C16H30N2O/c1-4-9-14-16(19)18(13(5-2)6-3)15(17-14)12-10-7-8-11-12/h12-15,17H,4-11H2,1-3H3. The first-order chi connectivity index (χ1) is 9.22. The SMILES string of the molecule is CCCC1NC(C2CCCC2)N(C(CC)CC)C1=O. The number of carbonyl (C=O) groups is 1. The van der Waals surface area contributed by atoms with Crippen molar-refractivity contribution in [3.8, 4) is 0 Å². The topological polar surface area (TPSA) is 32.3 Å². The summed E-state index contributed by atoms with van der Waals surface area (Å²) in [7, 11) is 0. The minimum Gasteiger partial charge on any atom is -0.323 e. The Kier molecular flexibility index (Phi) is 5.26. The summed E-state index contributed by atoms with van der Waals surface area (Å²) in [5.41, 5.74) is 0. The third kappa shape index (κ3) is 2.96. The number of rotatable bonds is 6. The molecule has 2 atom stereocenters. The summed E-state index contributed by atoms with van der Waals surface area (Å²) < 4.78 is 0. The molecule has 2 unspecified atom stereocenters. The Morgan fingerprint density at radius 2 is 1.84 bits per heavy atom. The largest absolute Gasteiger partial charge is 0.323 e. The zero-order valence-electron chi connectivity index (χ0n) is 12.8. The zero-order chi connectivity index (χ0) is 13.8. The second kappa shape index (κ2) is 6.74. The van der Waals surface area contributed by atoms with Crippen molar-refractivity contribution in [1.82, 2.24) is 10.2 Å². The molecule has 2 fully saturated rings. The first kappa shape index (κ1) is 14.8. The van der Waals surface area contributed by atoms with Gasteiger partial charge in [0.05, 0.1) is 12.2 Å². The number of carbonyl (C=O) groups excluding carboxylic acids is 1. The minimum absolute atomic E-state index is 0.0798.